The van der Waals surface area contributed by atoms with E-state index in [1.807, 2.05) is 7.05 Å². The SMILES string of the molecule is CCCCCCCCCOC1CC(CNC)C1. The molecule has 0 bridgehead atoms. The minimum Gasteiger partial charge on any atom is -0.378 e. The first-order chi connectivity index (χ1) is 8.36. The topological polar surface area (TPSA) is 21.3 Å². The van der Waals surface area contributed by atoms with Crippen molar-refractivity contribution >= 4 is 0 Å². The third kappa shape index (κ3) is 7.05. The van der Waals surface area contributed by atoms with Gasteiger partial charge in [-0.3, -0.25) is 0 Å². The number of unbranched alkanes of at least 4 members (excludes halogenated alkanes) is 6. The maximum absolute atomic E-state index is 5.85. The summed E-state index contributed by atoms with van der Waals surface area (Å²) in [7, 11) is 2.03. The van der Waals surface area contributed by atoms with E-state index in [-0.39, 0.29) is 0 Å². The van der Waals surface area contributed by atoms with E-state index in [1.54, 1.807) is 0 Å². The van der Waals surface area contributed by atoms with Crippen LogP contribution in [0.5, 0.6) is 0 Å². The lowest BCUT2D eigenvalue weighted by Gasteiger charge is -2.35. The predicted molar refractivity (Wildman–Crippen MR) is 74.4 cm³/mol. The van der Waals surface area contributed by atoms with Gasteiger partial charge in [-0.1, -0.05) is 45.4 Å². The lowest BCUT2D eigenvalue weighted by molar-refractivity contribution is -0.0307. The van der Waals surface area contributed by atoms with E-state index in [0.29, 0.717) is 6.10 Å². The van der Waals surface area contributed by atoms with E-state index in [4.69, 9.17) is 4.74 Å². The molecule has 0 radical (unpaired) electrons. The average Bonchev–Trinajstić information content (AvgIpc) is 2.28. The molecule has 0 aromatic carbocycles. The number of ether oxygens (including phenoxy) is 1. The summed E-state index contributed by atoms with van der Waals surface area (Å²) in [6, 6.07) is 0. The highest BCUT2D eigenvalue weighted by molar-refractivity contribution is 4.81. The normalized spacial score (nSPS) is 23.6. The van der Waals surface area contributed by atoms with Gasteiger partial charge in [0.2, 0.25) is 0 Å². The van der Waals surface area contributed by atoms with Gasteiger partial charge in [0.15, 0.2) is 0 Å². The van der Waals surface area contributed by atoms with Crippen molar-refractivity contribution in [1.82, 2.24) is 5.32 Å². The van der Waals surface area contributed by atoms with Crippen molar-refractivity contribution in [3.8, 4) is 0 Å². The molecule has 0 spiro atoms. The molecule has 0 aromatic rings. The largest absolute Gasteiger partial charge is 0.378 e. The van der Waals surface area contributed by atoms with Gasteiger partial charge in [0, 0.05) is 6.61 Å². The number of hydrogen-bond acceptors (Lipinski definition) is 2. The molecule has 2 heteroatoms. The Balaban J connectivity index is 1.74. The van der Waals surface area contributed by atoms with Crippen LogP contribution in [-0.4, -0.2) is 26.3 Å². The van der Waals surface area contributed by atoms with Crippen LogP contribution < -0.4 is 5.32 Å². The molecule has 0 aliphatic heterocycles. The van der Waals surface area contributed by atoms with Crippen LogP contribution in [-0.2, 0) is 4.74 Å². The molecule has 1 aliphatic carbocycles. The Morgan fingerprint density at radius 1 is 1.00 bits per heavy atom. The summed E-state index contributed by atoms with van der Waals surface area (Å²) in [6.45, 7) is 4.43. The summed E-state index contributed by atoms with van der Waals surface area (Å²) in [6.07, 6.45) is 12.7. The summed E-state index contributed by atoms with van der Waals surface area (Å²) in [5, 5.41) is 3.24. The monoisotopic (exact) mass is 241 g/mol. The van der Waals surface area contributed by atoms with Gasteiger partial charge in [0.1, 0.15) is 0 Å². The minimum atomic E-state index is 0.577. The van der Waals surface area contributed by atoms with Gasteiger partial charge in [-0.05, 0) is 38.8 Å². The molecule has 1 rings (SSSR count). The van der Waals surface area contributed by atoms with Crippen molar-refractivity contribution in [2.75, 3.05) is 20.2 Å². The first kappa shape index (κ1) is 15.0. The van der Waals surface area contributed by atoms with E-state index in [1.165, 1.54) is 57.8 Å². The van der Waals surface area contributed by atoms with Crippen LogP contribution in [0.3, 0.4) is 0 Å². The van der Waals surface area contributed by atoms with Crippen LogP contribution in [0.1, 0.15) is 64.7 Å². The fourth-order valence-electron chi connectivity index (χ4n) is 2.58. The van der Waals surface area contributed by atoms with E-state index >= 15 is 0 Å². The first-order valence-electron chi connectivity index (χ1n) is 7.63. The van der Waals surface area contributed by atoms with Gasteiger partial charge >= 0.3 is 0 Å². The summed E-state index contributed by atoms with van der Waals surface area (Å²) in [4.78, 5) is 0. The number of hydrogen-bond donors (Lipinski definition) is 1. The van der Waals surface area contributed by atoms with Crippen LogP contribution in [0.2, 0.25) is 0 Å². The fourth-order valence-corrected chi connectivity index (χ4v) is 2.58. The van der Waals surface area contributed by atoms with Crippen molar-refractivity contribution in [1.29, 1.82) is 0 Å². The third-order valence-electron chi connectivity index (χ3n) is 3.79. The van der Waals surface area contributed by atoms with Crippen molar-refractivity contribution in [3.05, 3.63) is 0 Å². The molecule has 0 amide bonds. The number of rotatable bonds is 11. The Hall–Kier alpha value is -0.0800. The Morgan fingerprint density at radius 3 is 2.29 bits per heavy atom. The highest BCUT2D eigenvalue weighted by Crippen LogP contribution is 2.29. The zero-order chi connectivity index (χ0) is 12.3. The zero-order valence-corrected chi connectivity index (χ0v) is 11.8. The molecule has 1 aliphatic rings. The quantitative estimate of drug-likeness (QED) is 0.556. The summed E-state index contributed by atoms with van der Waals surface area (Å²) in [5.74, 6) is 0.874. The predicted octanol–water partition coefficient (Wildman–Crippen LogP) is 3.75. The Morgan fingerprint density at radius 2 is 1.65 bits per heavy atom. The van der Waals surface area contributed by atoms with Crippen molar-refractivity contribution in [2.45, 2.75) is 70.8 Å². The van der Waals surface area contributed by atoms with Gasteiger partial charge in [0.25, 0.3) is 0 Å². The second kappa shape index (κ2) is 9.90. The average molecular weight is 241 g/mol. The van der Waals surface area contributed by atoms with Gasteiger partial charge in [-0.15, -0.1) is 0 Å². The Bertz CT molecular complexity index is 166. The molecule has 1 N–H and O–H groups in total. The maximum atomic E-state index is 5.85. The molecule has 17 heavy (non-hydrogen) atoms. The van der Waals surface area contributed by atoms with E-state index < -0.39 is 0 Å². The lowest BCUT2D eigenvalue weighted by Crippen LogP contribution is -2.37. The Kier molecular flexibility index (Phi) is 8.72. The molecule has 0 aromatic heterocycles. The molecule has 0 heterocycles. The van der Waals surface area contributed by atoms with Gasteiger partial charge in [-0.25, -0.2) is 0 Å². The van der Waals surface area contributed by atoms with Crippen LogP contribution >= 0.6 is 0 Å². The fraction of sp³-hybridized carbons (Fsp3) is 1.00. The summed E-state index contributed by atoms with van der Waals surface area (Å²) in [5.41, 5.74) is 0. The van der Waals surface area contributed by atoms with E-state index in [0.717, 1.165) is 19.1 Å². The minimum absolute atomic E-state index is 0.577. The van der Waals surface area contributed by atoms with Gasteiger partial charge in [-0.2, -0.15) is 0 Å². The lowest BCUT2D eigenvalue weighted by atomic mass is 9.82. The molecule has 2 nitrogen and oxygen atoms in total. The van der Waals surface area contributed by atoms with Gasteiger partial charge in [0.05, 0.1) is 6.10 Å². The van der Waals surface area contributed by atoms with Crippen molar-refractivity contribution in [3.63, 3.8) is 0 Å². The third-order valence-corrected chi connectivity index (χ3v) is 3.79. The highest BCUT2D eigenvalue weighted by Gasteiger charge is 2.28. The molecule has 102 valence electrons. The Labute approximate surface area is 108 Å². The van der Waals surface area contributed by atoms with Crippen LogP contribution in [0.15, 0.2) is 0 Å². The van der Waals surface area contributed by atoms with Crippen molar-refractivity contribution < 1.29 is 4.74 Å². The van der Waals surface area contributed by atoms with E-state index in [9.17, 15) is 0 Å². The second-order valence-electron chi connectivity index (χ2n) is 5.51. The van der Waals surface area contributed by atoms with E-state index in [2.05, 4.69) is 12.2 Å². The molecule has 0 saturated heterocycles. The highest BCUT2D eigenvalue weighted by atomic mass is 16.5. The van der Waals surface area contributed by atoms with Crippen LogP contribution in [0.25, 0.3) is 0 Å². The molecule has 0 atom stereocenters. The van der Waals surface area contributed by atoms with Crippen LogP contribution in [0, 0.1) is 5.92 Å². The first-order valence-corrected chi connectivity index (χ1v) is 7.63. The summed E-state index contributed by atoms with van der Waals surface area (Å²) >= 11 is 0. The molecular formula is C15H31NO. The summed E-state index contributed by atoms with van der Waals surface area (Å²) < 4.78 is 5.85. The molecule has 1 fully saturated rings. The molecule has 0 unspecified atom stereocenters. The second-order valence-corrected chi connectivity index (χ2v) is 5.51. The maximum Gasteiger partial charge on any atom is 0.0581 e. The zero-order valence-electron chi connectivity index (χ0n) is 11.8. The molecule has 1 saturated carbocycles. The van der Waals surface area contributed by atoms with Crippen LogP contribution in [0.4, 0.5) is 0 Å². The van der Waals surface area contributed by atoms with Gasteiger partial charge < -0.3 is 10.1 Å². The standard InChI is InChI=1S/C15H31NO/c1-3-4-5-6-7-8-9-10-17-15-11-14(12-15)13-16-2/h14-16H,3-13H2,1-2H3. The number of nitrogens with one attached hydrogen (secondary N) is 1. The molecular weight excluding hydrogens is 210 g/mol. The smallest absolute Gasteiger partial charge is 0.0581 e. The van der Waals surface area contributed by atoms with Crippen molar-refractivity contribution in [2.24, 2.45) is 5.92 Å².